The molecule has 6 heteroatoms. The van der Waals surface area contributed by atoms with Gasteiger partial charge < -0.3 is 14.4 Å². The number of fused-ring (bicyclic) bond motifs is 1. The summed E-state index contributed by atoms with van der Waals surface area (Å²) in [6.07, 6.45) is 5.71. The van der Waals surface area contributed by atoms with Gasteiger partial charge in [-0.15, -0.1) is 0 Å². The molecule has 2 fully saturated rings. The maximum atomic E-state index is 13.1. The van der Waals surface area contributed by atoms with E-state index in [4.69, 9.17) is 9.47 Å². The monoisotopic (exact) mass is 372 g/mol. The zero-order chi connectivity index (χ0) is 19.0. The van der Waals surface area contributed by atoms with Crippen molar-refractivity contribution < 1.29 is 19.1 Å². The molecular formula is C21H28N2O4. The number of likely N-dealkylation sites (tertiary alicyclic amines) is 1. The van der Waals surface area contributed by atoms with E-state index in [0.29, 0.717) is 11.4 Å². The Morgan fingerprint density at radius 2 is 2.15 bits per heavy atom. The van der Waals surface area contributed by atoms with Crippen molar-refractivity contribution in [2.45, 2.75) is 45.1 Å². The minimum Gasteiger partial charge on any atom is -0.482 e. The summed E-state index contributed by atoms with van der Waals surface area (Å²) in [6.45, 7) is 3.53. The van der Waals surface area contributed by atoms with E-state index in [0.717, 1.165) is 50.8 Å². The molecule has 146 valence electrons. The van der Waals surface area contributed by atoms with Crippen LogP contribution in [-0.4, -0.2) is 56.2 Å². The fourth-order valence-electron chi connectivity index (χ4n) is 5.04. The van der Waals surface area contributed by atoms with Gasteiger partial charge in [-0.1, -0.05) is 12.5 Å². The van der Waals surface area contributed by atoms with Crippen LogP contribution in [0.5, 0.6) is 5.75 Å². The summed E-state index contributed by atoms with van der Waals surface area (Å²) in [7, 11) is 1.78. The molecule has 1 saturated carbocycles. The topological polar surface area (TPSA) is 59.1 Å². The second-order valence-corrected chi connectivity index (χ2v) is 8.14. The lowest BCUT2D eigenvalue weighted by atomic mass is 9.76. The number of benzene rings is 1. The normalized spacial score (nSPS) is 27.6. The van der Waals surface area contributed by atoms with E-state index in [2.05, 4.69) is 0 Å². The first-order chi connectivity index (χ1) is 13.0. The standard InChI is InChI=1S/C21H28N2O4/c1-15-6-7-17-16(11-15)23(20(25)13-27-17)12-19(24)22-10-4-9-21(14-22)8-3-5-18(21)26-2/h6-7,11,18H,3-5,8-10,12-14H2,1-2H3/t18-,21+/m1/s1. The van der Waals surface area contributed by atoms with E-state index in [9.17, 15) is 9.59 Å². The quantitative estimate of drug-likeness (QED) is 0.818. The molecule has 0 N–H and O–H groups in total. The first kappa shape index (κ1) is 18.3. The number of amides is 2. The molecule has 0 aromatic heterocycles. The molecule has 4 rings (SSSR count). The summed E-state index contributed by atoms with van der Waals surface area (Å²) in [5, 5.41) is 0. The number of piperidine rings is 1. The van der Waals surface area contributed by atoms with Crippen molar-refractivity contribution in [2.24, 2.45) is 5.41 Å². The van der Waals surface area contributed by atoms with Crippen LogP contribution in [0.1, 0.15) is 37.7 Å². The molecule has 1 aliphatic carbocycles. The van der Waals surface area contributed by atoms with E-state index < -0.39 is 0 Å². The van der Waals surface area contributed by atoms with Crippen molar-refractivity contribution in [3.05, 3.63) is 23.8 Å². The minimum atomic E-state index is -0.163. The molecule has 0 radical (unpaired) electrons. The van der Waals surface area contributed by atoms with Gasteiger partial charge in [0, 0.05) is 25.6 Å². The first-order valence-corrected chi connectivity index (χ1v) is 9.87. The number of methoxy groups -OCH3 is 1. The third-order valence-electron chi connectivity index (χ3n) is 6.42. The number of aryl methyl sites for hydroxylation is 1. The average Bonchev–Trinajstić information content (AvgIpc) is 3.05. The second-order valence-electron chi connectivity index (χ2n) is 8.14. The van der Waals surface area contributed by atoms with Gasteiger partial charge in [0.15, 0.2) is 6.61 Å². The van der Waals surface area contributed by atoms with E-state index in [1.54, 1.807) is 12.0 Å². The molecule has 0 unspecified atom stereocenters. The molecule has 1 saturated heterocycles. The van der Waals surface area contributed by atoms with Gasteiger partial charge in [-0.2, -0.15) is 0 Å². The third kappa shape index (κ3) is 3.31. The van der Waals surface area contributed by atoms with Crippen molar-refractivity contribution >= 4 is 17.5 Å². The fraction of sp³-hybridized carbons (Fsp3) is 0.619. The Balaban J connectivity index is 1.51. The van der Waals surface area contributed by atoms with Crippen LogP contribution in [0, 0.1) is 12.3 Å². The van der Waals surface area contributed by atoms with Crippen molar-refractivity contribution in [2.75, 3.05) is 38.3 Å². The van der Waals surface area contributed by atoms with Crippen molar-refractivity contribution in [1.29, 1.82) is 0 Å². The highest BCUT2D eigenvalue weighted by atomic mass is 16.5. The summed E-state index contributed by atoms with van der Waals surface area (Å²) in [4.78, 5) is 29.1. The molecule has 1 spiro atoms. The van der Waals surface area contributed by atoms with Crippen LogP contribution in [0.3, 0.4) is 0 Å². The summed E-state index contributed by atoms with van der Waals surface area (Å²) in [5.41, 5.74) is 1.82. The molecular weight excluding hydrogens is 344 g/mol. The van der Waals surface area contributed by atoms with Crippen molar-refractivity contribution in [3.8, 4) is 5.75 Å². The average molecular weight is 372 g/mol. The van der Waals surface area contributed by atoms with Crippen LogP contribution in [-0.2, 0) is 14.3 Å². The van der Waals surface area contributed by atoms with Gasteiger partial charge in [0.25, 0.3) is 5.91 Å². The number of nitrogens with zero attached hydrogens (tertiary/aromatic N) is 2. The fourth-order valence-corrected chi connectivity index (χ4v) is 5.04. The number of carbonyl (C=O) groups excluding carboxylic acids is 2. The number of hydrogen-bond acceptors (Lipinski definition) is 4. The Morgan fingerprint density at radius 3 is 2.96 bits per heavy atom. The van der Waals surface area contributed by atoms with Crippen LogP contribution in [0.4, 0.5) is 5.69 Å². The van der Waals surface area contributed by atoms with Gasteiger partial charge in [-0.05, 0) is 50.3 Å². The zero-order valence-corrected chi connectivity index (χ0v) is 16.2. The molecule has 2 amide bonds. The summed E-state index contributed by atoms with van der Waals surface area (Å²) in [6, 6.07) is 5.73. The molecule has 2 atom stereocenters. The Kier molecular flexibility index (Phi) is 4.84. The van der Waals surface area contributed by atoms with Crippen LogP contribution < -0.4 is 9.64 Å². The van der Waals surface area contributed by atoms with Gasteiger partial charge in [0.05, 0.1) is 11.8 Å². The van der Waals surface area contributed by atoms with E-state index in [1.165, 1.54) is 0 Å². The Labute approximate surface area is 160 Å². The molecule has 2 heterocycles. The number of anilines is 1. The molecule has 3 aliphatic rings. The molecule has 2 aliphatic heterocycles. The lowest BCUT2D eigenvalue weighted by molar-refractivity contribution is -0.137. The lowest BCUT2D eigenvalue weighted by Crippen LogP contribution is -2.53. The maximum absolute atomic E-state index is 13.1. The molecule has 1 aromatic rings. The van der Waals surface area contributed by atoms with Gasteiger partial charge >= 0.3 is 0 Å². The zero-order valence-electron chi connectivity index (χ0n) is 16.2. The number of hydrogen-bond donors (Lipinski definition) is 0. The number of rotatable bonds is 3. The van der Waals surface area contributed by atoms with E-state index in [1.807, 2.05) is 30.0 Å². The van der Waals surface area contributed by atoms with E-state index >= 15 is 0 Å². The Hall–Kier alpha value is -2.08. The summed E-state index contributed by atoms with van der Waals surface area (Å²) >= 11 is 0. The van der Waals surface area contributed by atoms with Crippen molar-refractivity contribution in [3.63, 3.8) is 0 Å². The highest BCUT2D eigenvalue weighted by Crippen LogP contribution is 2.46. The van der Waals surface area contributed by atoms with Crippen molar-refractivity contribution in [1.82, 2.24) is 4.90 Å². The van der Waals surface area contributed by atoms with Crippen LogP contribution in [0.15, 0.2) is 18.2 Å². The molecule has 27 heavy (non-hydrogen) atoms. The lowest BCUT2D eigenvalue weighted by Gasteiger charge is -2.44. The minimum absolute atomic E-state index is 0.0125. The summed E-state index contributed by atoms with van der Waals surface area (Å²) < 4.78 is 11.3. The van der Waals surface area contributed by atoms with Gasteiger partial charge in [0.1, 0.15) is 12.3 Å². The highest BCUT2D eigenvalue weighted by molar-refractivity contribution is 6.02. The second kappa shape index (κ2) is 7.15. The van der Waals surface area contributed by atoms with Gasteiger partial charge in [-0.25, -0.2) is 0 Å². The highest BCUT2D eigenvalue weighted by Gasteiger charge is 2.46. The number of ether oxygens (including phenoxy) is 2. The van der Waals surface area contributed by atoms with Crippen LogP contribution in [0.2, 0.25) is 0 Å². The summed E-state index contributed by atoms with van der Waals surface area (Å²) in [5.74, 6) is 0.515. The predicted octanol–water partition coefficient (Wildman–Crippen LogP) is 2.53. The first-order valence-electron chi connectivity index (χ1n) is 9.87. The SMILES string of the molecule is CO[C@@H]1CCC[C@@]12CCCN(C(=O)CN1C(=O)COc3ccc(C)cc31)C2. The van der Waals surface area contributed by atoms with Gasteiger partial charge in [-0.3, -0.25) is 14.5 Å². The molecule has 1 aromatic carbocycles. The van der Waals surface area contributed by atoms with Crippen LogP contribution >= 0.6 is 0 Å². The Morgan fingerprint density at radius 1 is 1.33 bits per heavy atom. The Bertz CT molecular complexity index is 750. The van der Waals surface area contributed by atoms with Gasteiger partial charge in [0.2, 0.25) is 5.91 Å². The molecule has 0 bridgehead atoms. The van der Waals surface area contributed by atoms with E-state index in [-0.39, 0.29) is 36.5 Å². The van der Waals surface area contributed by atoms with Crippen LogP contribution in [0.25, 0.3) is 0 Å². The maximum Gasteiger partial charge on any atom is 0.265 e. The largest absolute Gasteiger partial charge is 0.482 e. The third-order valence-corrected chi connectivity index (χ3v) is 6.42. The molecule has 6 nitrogen and oxygen atoms in total. The predicted molar refractivity (Wildman–Crippen MR) is 102 cm³/mol. The number of carbonyl (C=O) groups is 2. The smallest absolute Gasteiger partial charge is 0.265 e.